The summed E-state index contributed by atoms with van der Waals surface area (Å²) in [5.41, 5.74) is 0.922. The molecular weight excluding hydrogens is 324 g/mol. The monoisotopic (exact) mass is 350 g/mol. The van der Waals surface area contributed by atoms with Crippen molar-refractivity contribution >= 4 is 17.7 Å². The summed E-state index contributed by atoms with van der Waals surface area (Å²) in [6, 6.07) is 8.16. The molecule has 24 heavy (non-hydrogen) atoms. The zero-order valence-corrected chi connectivity index (χ0v) is 14.8. The second kappa shape index (κ2) is 8.88. The molecule has 1 unspecified atom stereocenters. The Labute approximate surface area is 147 Å². The first-order valence-electron chi connectivity index (χ1n) is 8.87. The summed E-state index contributed by atoms with van der Waals surface area (Å²) >= 11 is 1.89. The van der Waals surface area contributed by atoms with Crippen LogP contribution in [-0.2, 0) is 14.3 Å². The number of carboxylic acids is 1. The summed E-state index contributed by atoms with van der Waals surface area (Å²) < 4.78 is 10.8. The molecule has 2 heterocycles. The van der Waals surface area contributed by atoms with E-state index in [1.165, 1.54) is 4.90 Å². The molecule has 0 saturated carbocycles. The third-order valence-corrected chi connectivity index (χ3v) is 6.31. The van der Waals surface area contributed by atoms with Crippen LogP contribution in [-0.4, -0.2) is 42.8 Å². The smallest absolute Gasteiger partial charge is 0.310 e. The molecule has 1 N–H and O–H groups in total. The number of aliphatic carboxylic acids is 1. The molecule has 2 fully saturated rings. The van der Waals surface area contributed by atoms with Gasteiger partial charge >= 0.3 is 5.97 Å². The van der Waals surface area contributed by atoms with Gasteiger partial charge in [-0.3, -0.25) is 4.79 Å². The van der Waals surface area contributed by atoms with Crippen LogP contribution >= 0.6 is 11.8 Å². The number of rotatable bonds is 6. The molecule has 2 aliphatic rings. The van der Waals surface area contributed by atoms with Crippen molar-refractivity contribution in [1.82, 2.24) is 0 Å². The Balaban J connectivity index is 1.61. The third kappa shape index (κ3) is 4.98. The first-order valence-corrected chi connectivity index (χ1v) is 9.75. The molecule has 0 spiro atoms. The van der Waals surface area contributed by atoms with Gasteiger partial charge in [0.25, 0.3) is 0 Å². The van der Waals surface area contributed by atoms with Crippen LogP contribution in [0, 0.1) is 5.92 Å². The molecule has 2 aliphatic heterocycles. The van der Waals surface area contributed by atoms with Gasteiger partial charge in [-0.25, -0.2) is 0 Å². The SMILES string of the molecule is O=C(O)C(CC1CCOCC1)c1ccc(SC2CCOCC2)cc1. The fourth-order valence-electron chi connectivity index (χ4n) is 3.46. The number of hydrogen-bond donors (Lipinski definition) is 1. The maximum absolute atomic E-state index is 11.7. The Kier molecular flexibility index (Phi) is 6.58. The van der Waals surface area contributed by atoms with Gasteiger partial charge in [0.2, 0.25) is 0 Å². The molecule has 0 bridgehead atoms. The van der Waals surface area contributed by atoms with Gasteiger partial charge in [-0.1, -0.05) is 12.1 Å². The van der Waals surface area contributed by atoms with Crippen molar-refractivity contribution in [2.75, 3.05) is 26.4 Å². The first kappa shape index (κ1) is 17.8. The summed E-state index contributed by atoms with van der Waals surface area (Å²) in [6.45, 7) is 3.22. The third-order valence-electron chi connectivity index (χ3n) is 4.96. The molecule has 4 nitrogen and oxygen atoms in total. The highest BCUT2D eigenvalue weighted by Crippen LogP contribution is 2.33. The predicted molar refractivity (Wildman–Crippen MR) is 94.7 cm³/mol. The summed E-state index contributed by atoms with van der Waals surface area (Å²) in [4.78, 5) is 12.9. The van der Waals surface area contributed by atoms with Crippen LogP contribution in [0.15, 0.2) is 29.2 Å². The molecule has 0 aromatic heterocycles. The Morgan fingerprint density at radius 3 is 2.21 bits per heavy atom. The second-order valence-electron chi connectivity index (χ2n) is 6.68. The van der Waals surface area contributed by atoms with Crippen LogP contribution in [0.3, 0.4) is 0 Å². The Morgan fingerprint density at radius 1 is 1.04 bits per heavy atom. The van der Waals surface area contributed by atoms with Gasteiger partial charge < -0.3 is 14.6 Å². The largest absolute Gasteiger partial charge is 0.481 e. The minimum absolute atomic E-state index is 0.407. The van der Waals surface area contributed by atoms with Gasteiger partial charge in [-0.2, -0.15) is 0 Å². The van der Waals surface area contributed by atoms with E-state index in [1.54, 1.807) is 0 Å². The zero-order valence-electron chi connectivity index (χ0n) is 14.0. The highest BCUT2D eigenvalue weighted by molar-refractivity contribution is 8.00. The standard InChI is InChI=1S/C19H26O4S/c20-19(21)18(13-14-5-9-22-10-6-14)15-1-3-16(4-2-15)24-17-7-11-23-12-8-17/h1-4,14,17-18H,5-13H2,(H,20,21). The van der Waals surface area contributed by atoms with E-state index in [9.17, 15) is 9.90 Å². The second-order valence-corrected chi connectivity index (χ2v) is 8.05. The molecule has 0 aliphatic carbocycles. The lowest BCUT2D eigenvalue weighted by Crippen LogP contribution is -2.21. The van der Waals surface area contributed by atoms with Crippen LogP contribution in [0.25, 0.3) is 0 Å². The highest BCUT2D eigenvalue weighted by atomic mass is 32.2. The fraction of sp³-hybridized carbons (Fsp3) is 0.632. The first-order chi connectivity index (χ1) is 11.7. The van der Waals surface area contributed by atoms with Crippen molar-refractivity contribution in [3.05, 3.63) is 29.8 Å². The molecular formula is C19H26O4S. The lowest BCUT2D eigenvalue weighted by molar-refractivity contribution is -0.139. The van der Waals surface area contributed by atoms with E-state index in [0.29, 0.717) is 17.6 Å². The van der Waals surface area contributed by atoms with Crippen molar-refractivity contribution in [2.45, 2.75) is 48.2 Å². The van der Waals surface area contributed by atoms with E-state index in [-0.39, 0.29) is 0 Å². The summed E-state index contributed by atoms with van der Waals surface area (Å²) in [7, 11) is 0. The van der Waals surface area contributed by atoms with Gasteiger partial charge in [-0.15, -0.1) is 11.8 Å². The molecule has 1 atom stereocenters. The number of ether oxygens (including phenoxy) is 2. The van der Waals surface area contributed by atoms with Crippen molar-refractivity contribution < 1.29 is 19.4 Å². The van der Waals surface area contributed by atoms with Crippen LogP contribution in [0.2, 0.25) is 0 Å². The quantitative estimate of drug-likeness (QED) is 0.842. The fourth-order valence-corrected chi connectivity index (χ4v) is 4.57. The van der Waals surface area contributed by atoms with Gasteiger partial charge in [0, 0.05) is 36.6 Å². The maximum Gasteiger partial charge on any atom is 0.310 e. The van der Waals surface area contributed by atoms with Crippen molar-refractivity contribution in [3.63, 3.8) is 0 Å². The van der Waals surface area contributed by atoms with Crippen LogP contribution in [0.4, 0.5) is 0 Å². The average Bonchev–Trinajstić information content (AvgIpc) is 2.62. The topological polar surface area (TPSA) is 55.8 Å². The summed E-state index contributed by atoms with van der Waals surface area (Å²) in [5, 5.41) is 10.3. The molecule has 0 radical (unpaired) electrons. The van der Waals surface area contributed by atoms with E-state index >= 15 is 0 Å². The van der Waals surface area contributed by atoms with Crippen molar-refractivity contribution in [2.24, 2.45) is 5.92 Å². The van der Waals surface area contributed by atoms with Gasteiger partial charge in [-0.05, 0) is 55.7 Å². The predicted octanol–water partition coefficient (Wildman–Crippen LogP) is 3.94. The molecule has 1 aromatic carbocycles. The minimum atomic E-state index is -0.716. The molecule has 1 aromatic rings. The Bertz CT molecular complexity index is 519. The highest BCUT2D eigenvalue weighted by Gasteiger charge is 2.26. The molecule has 132 valence electrons. The van der Waals surface area contributed by atoms with E-state index in [4.69, 9.17) is 9.47 Å². The van der Waals surface area contributed by atoms with E-state index in [2.05, 4.69) is 12.1 Å². The molecule has 5 heteroatoms. The minimum Gasteiger partial charge on any atom is -0.481 e. The van der Waals surface area contributed by atoms with Crippen LogP contribution in [0.1, 0.15) is 43.6 Å². The number of carbonyl (C=O) groups is 1. The van der Waals surface area contributed by atoms with Crippen LogP contribution < -0.4 is 0 Å². The van der Waals surface area contributed by atoms with Crippen molar-refractivity contribution in [1.29, 1.82) is 0 Å². The Hall–Kier alpha value is -1.04. The normalized spacial score (nSPS) is 21.5. The van der Waals surface area contributed by atoms with Gasteiger partial charge in [0.15, 0.2) is 0 Å². The Morgan fingerprint density at radius 2 is 1.62 bits per heavy atom. The van der Waals surface area contributed by atoms with E-state index in [0.717, 1.165) is 57.7 Å². The number of hydrogen-bond acceptors (Lipinski definition) is 4. The zero-order chi connectivity index (χ0) is 16.8. The lowest BCUT2D eigenvalue weighted by atomic mass is 9.85. The molecule has 0 amide bonds. The van der Waals surface area contributed by atoms with Gasteiger partial charge in [0.05, 0.1) is 5.92 Å². The molecule has 3 rings (SSSR count). The number of thioether (sulfide) groups is 1. The average molecular weight is 350 g/mol. The lowest BCUT2D eigenvalue weighted by Gasteiger charge is -2.25. The number of benzene rings is 1. The van der Waals surface area contributed by atoms with E-state index in [1.807, 2.05) is 23.9 Å². The number of carboxylic acid groups (broad SMARTS) is 1. The van der Waals surface area contributed by atoms with Crippen molar-refractivity contribution in [3.8, 4) is 0 Å². The summed E-state index contributed by atoms with van der Waals surface area (Å²) in [6.07, 6.45) is 4.84. The summed E-state index contributed by atoms with van der Waals surface area (Å²) in [5.74, 6) is -0.669. The van der Waals surface area contributed by atoms with Crippen LogP contribution in [0.5, 0.6) is 0 Å². The molecule has 2 saturated heterocycles. The van der Waals surface area contributed by atoms with Gasteiger partial charge in [0.1, 0.15) is 0 Å². The maximum atomic E-state index is 11.7. The van der Waals surface area contributed by atoms with E-state index < -0.39 is 11.9 Å².